The van der Waals surface area contributed by atoms with E-state index in [1.165, 1.54) is 12.0 Å². The maximum atomic E-state index is 11.8. The van der Waals surface area contributed by atoms with Crippen LogP contribution in [0.1, 0.15) is 20.8 Å². The first-order chi connectivity index (χ1) is 7.74. The Balaban J connectivity index is 2.60. The topological polar surface area (TPSA) is 59.1 Å². The molecule has 98 valence electrons. The molecule has 1 amide bonds. The van der Waals surface area contributed by atoms with E-state index in [0.29, 0.717) is 13.2 Å². The Morgan fingerprint density at radius 1 is 1.29 bits per heavy atom. The molecule has 1 atom stereocenters. The van der Waals surface area contributed by atoms with E-state index in [1.807, 2.05) is 20.8 Å². The predicted molar refractivity (Wildman–Crippen MR) is 61.4 cm³/mol. The number of hydrogen-bond acceptors (Lipinski definition) is 5. The van der Waals surface area contributed by atoms with Gasteiger partial charge in [-0.1, -0.05) is 0 Å². The second-order valence-corrected chi connectivity index (χ2v) is 5.14. The lowest BCUT2D eigenvalue weighted by atomic mass is 10.2. The Morgan fingerprint density at radius 3 is 2.35 bits per heavy atom. The average Bonchev–Trinajstić information content (AvgIpc) is 2.57. The highest BCUT2D eigenvalue weighted by Gasteiger charge is 2.37. The van der Waals surface area contributed by atoms with Crippen LogP contribution in [0, 0.1) is 0 Å². The van der Waals surface area contributed by atoms with Gasteiger partial charge in [0, 0.05) is 0 Å². The quantitative estimate of drug-likeness (QED) is 0.634. The molecule has 1 heterocycles. The third kappa shape index (κ3) is 3.59. The van der Waals surface area contributed by atoms with Crippen LogP contribution >= 0.6 is 0 Å². The molecule has 1 aliphatic heterocycles. The fraction of sp³-hybridized carbons (Fsp3) is 0.818. The first kappa shape index (κ1) is 13.8. The molecule has 0 aromatic heterocycles. The van der Waals surface area contributed by atoms with Crippen molar-refractivity contribution in [3.8, 4) is 0 Å². The highest BCUT2D eigenvalue weighted by Crippen LogP contribution is 2.16. The van der Waals surface area contributed by atoms with Gasteiger partial charge in [0.05, 0.1) is 20.3 Å². The molecule has 17 heavy (non-hydrogen) atoms. The zero-order valence-electron chi connectivity index (χ0n) is 11.0. The molecule has 1 rings (SSSR count). The number of esters is 1. The monoisotopic (exact) mass is 244 g/mol. The minimum Gasteiger partial charge on any atom is -0.468 e. The number of hydrogen-bond donors (Lipinski definition) is 0. The van der Waals surface area contributed by atoms with Crippen LogP contribution in [0.4, 0.5) is 4.79 Å². The lowest BCUT2D eigenvalue weighted by Crippen LogP contribution is -2.37. The van der Waals surface area contributed by atoms with Gasteiger partial charge in [0.25, 0.3) is 0 Å². The highest BCUT2D eigenvalue weighted by atomic mass is 16.6. The maximum Gasteiger partial charge on any atom is 0.411 e. The Bertz CT molecular complexity index is 311. The van der Waals surface area contributed by atoms with Crippen LogP contribution < -0.4 is 0 Å². The van der Waals surface area contributed by atoms with Crippen molar-refractivity contribution in [2.45, 2.75) is 32.4 Å². The van der Waals surface area contributed by atoms with Crippen LogP contribution in [-0.2, 0) is 14.3 Å². The van der Waals surface area contributed by atoms with Gasteiger partial charge < -0.3 is 9.47 Å². The number of carbonyl (C=O) groups excluding carboxylic acids is 2. The van der Waals surface area contributed by atoms with Crippen LogP contribution in [0.15, 0.2) is 0 Å². The number of nitrogens with zero attached hydrogens (tertiary/aromatic N) is 2. The summed E-state index contributed by atoms with van der Waals surface area (Å²) in [7, 11) is 3.11. The summed E-state index contributed by atoms with van der Waals surface area (Å²) < 4.78 is 9.91. The van der Waals surface area contributed by atoms with E-state index in [0.717, 1.165) is 0 Å². The Kier molecular flexibility index (Phi) is 3.98. The van der Waals surface area contributed by atoms with Gasteiger partial charge in [0.2, 0.25) is 0 Å². The summed E-state index contributed by atoms with van der Waals surface area (Å²) in [5.74, 6) is -0.335. The molecule has 6 heteroatoms. The fourth-order valence-corrected chi connectivity index (χ4v) is 1.62. The molecule has 0 saturated carbocycles. The molecule has 0 bridgehead atoms. The number of ether oxygens (including phenoxy) is 2. The molecule has 0 aliphatic carbocycles. The molecule has 1 fully saturated rings. The van der Waals surface area contributed by atoms with E-state index in [2.05, 4.69) is 4.74 Å². The number of likely N-dealkylation sites (N-methyl/N-ethyl adjacent to an activating group) is 1. The van der Waals surface area contributed by atoms with E-state index < -0.39 is 17.7 Å². The average molecular weight is 244 g/mol. The normalized spacial score (nSPS) is 21.5. The molecular weight excluding hydrogens is 224 g/mol. The third-order valence-corrected chi connectivity index (χ3v) is 2.44. The van der Waals surface area contributed by atoms with Crippen molar-refractivity contribution >= 4 is 12.1 Å². The van der Waals surface area contributed by atoms with Crippen molar-refractivity contribution in [2.24, 2.45) is 0 Å². The Hall–Kier alpha value is -1.30. The van der Waals surface area contributed by atoms with E-state index in [-0.39, 0.29) is 5.97 Å². The van der Waals surface area contributed by atoms with Crippen molar-refractivity contribution in [2.75, 3.05) is 27.4 Å². The van der Waals surface area contributed by atoms with Crippen molar-refractivity contribution in [3.05, 3.63) is 0 Å². The summed E-state index contributed by atoms with van der Waals surface area (Å²) in [6.45, 7) is 6.10. The van der Waals surface area contributed by atoms with Gasteiger partial charge >= 0.3 is 12.1 Å². The molecule has 0 aromatic rings. The van der Waals surface area contributed by atoms with Crippen molar-refractivity contribution in [1.82, 2.24) is 9.80 Å². The van der Waals surface area contributed by atoms with E-state index in [9.17, 15) is 9.59 Å². The van der Waals surface area contributed by atoms with Crippen molar-refractivity contribution in [1.29, 1.82) is 0 Å². The number of carbonyl (C=O) groups is 2. The molecule has 1 aliphatic rings. The molecule has 0 radical (unpaired) electrons. The lowest BCUT2D eigenvalue weighted by Gasteiger charge is -2.24. The SMILES string of the molecule is COC(=O)C1CN(C(=O)OC(C)(C)C)CN1C. The van der Waals surface area contributed by atoms with Gasteiger partial charge in [0.1, 0.15) is 11.6 Å². The summed E-state index contributed by atoms with van der Waals surface area (Å²) in [6, 6.07) is -0.410. The minimum atomic E-state index is -0.529. The molecule has 0 aromatic carbocycles. The molecule has 0 spiro atoms. The number of methoxy groups -OCH3 is 1. The van der Waals surface area contributed by atoms with Crippen molar-refractivity contribution in [3.63, 3.8) is 0 Å². The fourth-order valence-electron chi connectivity index (χ4n) is 1.62. The van der Waals surface area contributed by atoms with E-state index in [1.54, 1.807) is 11.9 Å². The number of rotatable bonds is 1. The summed E-state index contributed by atoms with van der Waals surface area (Å²) in [5, 5.41) is 0. The van der Waals surface area contributed by atoms with E-state index in [4.69, 9.17) is 4.74 Å². The number of amides is 1. The van der Waals surface area contributed by atoms with E-state index >= 15 is 0 Å². The summed E-state index contributed by atoms with van der Waals surface area (Å²) >= 11 is 0. The first-order valence-corrected chi connectivity index (χ1v) is 5.50. The second kappa shape index (κ2) is 4.91. The minimum absolute atomic E-state index is 0.304. The summed E-state index contributed by atoms with van der Waals surface area (Å²) in [4.78, 5) is 26.5. The Labute approximate surface area is 101 Å². The lowest BCUT2D eigenvalue weighted by molar-refractivity contribution is -0.144. The summed E-state index contributed by atoms with van der Waals surface area (Å²) in [6.07, 6.45) is -0.407. The van der Waals surface area contributed by atoms with Gasteiger partial charge in [-0.2, -0.15) is 0 Å². The molecule has 1 unspecified atom stereocenters. The van der Waals surface area contributed by atoms with Crippen LogP contribution in [0.5, 0.6) is 0 Å². The molecular formula is C11H20N2O4. The van der Waals surface area contributed by atoms with Gasteiger partial charge in [-0.15, -0.1) is 0 Å². The first-order valence-electron chi connectivity index (χ1n) is 5.50. The van der Waals surface area contributed by atoms with Crippen LogP contribution in [0.3, 0.4) is 0 Å². The smallest absolute Gasteiger partial charge is 0.411 e. The van der Waals surface area contributed by atoms with Gasteiger partial charge in [0.15, 0.2) is 0 Å². The van der Waals surface area contributed by atoms with Gasteiger partial charge in [-0.3, -0.25) is 14.6 Å². The van der Waals surface area contributed by atoms with Gasteiger partial charge in [-0.05, 0) is 27.8 Å². The standard InChI is InChI=1S/C11H20N2O4/c1-11(2,3)17-10(15)13-6-8(9(14)16-5)12(4)7-13/h8H,6-7H2,1-5H3. The Morgan fingerprint density at radius 2 is 1.88 bits per heavy atom. The highest BCUT2D eigenvalue weighted by molar-refractivity contribution is 5.78. The van der Waals surface area contributed by atoms with Crippen molar-refractivity contribution < 1.29 is 19.1 Å². The predicted octanol–water partition coefficient (Wildman–Crippen LogP) is 0.668. The zero-order valence-corrected chi connectivity index (χ0v) is 11.0. The van der Waals surface area contributed by atoms with Crippen LogP contribution in [0.25, 0.3) is 0 Å². The molecule has 1 saturated heterocycles. The van der Waals surface area contributed by atoms with Crippen LogP contribution in [0.2, 0.25) is 0 Å². The van der Waals surface area contributed by atoms with Gasteiger partial charge in [-0.25, -0.2) is 4.79 Å². The maximum absolute atomic E-state index is 11.8. The molecule has 6 nitrogen and oxygen atoms in total. The summed E-state index contributed by atoms with van der Waals surface area (Å²) in [5.41, 5.74) is -0.529. The molecule has 0 N–H and O–H groups in total. The zero-order chi connectivity index (χ0) is 13.2. The second-order valence-electron chi connectivity index (χ2n) is 5.14. The largest absolute Gasteiger partial charge is 0.468 e. The van der Waals surface area contributed by atoms with Crippen LogP contribution in [-0.4, -0.2) is 60.9 Å². The third-order valence-electron chi connectivity index (χ3n) is 2.44.